The Morgan fingerprint density at radius 3 is 2.37 bits per heavy atom. The van der Waals surface area contributed by atoms with Crippen molar-refractivity contribution in [2.75, 3.05) is 0 Å². The summed E-state index contributed by atoms with van der Waals surface area (Å²) in [4.78, 5) is 17.8. The van der Waals surface area contributed by atoms with Crippen LogP contribution in [0.2, 0.25) is 0 Å². The molecule has 0 fully saturated rings. The Morgan fingerprint density at radius 1 is 0.889 bits per heavy atom. The van der Waals surface area contributed by atoms with E-state index in [1.165, 1.54) is 6.07 Å². The molecular weight excluding hydrogens is 454 g/mol. The van der Waals surface area contributed by atoms with Gasteiger partial charge in [0.05, 0.1) is 16.6 Å². The van der Waals surface area contributed by atoms with Crippen LogP contribution in [0, 0.1) is 9.39 Å². The largest absolute Gasteiger partial charge is 0.268 e. The second-order valence-corrected chi connectivity index (χ2v) is 7.20. The zero-order valence-electron chi connectivity index (χ0n) is 14.1. The summed E-state index contributed by atoms with van der Waals surface area (Å²) in [5.74, 6) is 0.126. The highest BCUT2D eigenvalue weighted by atomic mass is 127. The maximum atomic E-state index is 14.0. The quantitative estimate of drug-likeness (QED) is 0.383. The summed E-state index contributed by atoms with van der Waals surface area (Å²) in [6.45, 7) is 0. The lowest BCUT2D eigenvalue weighted by Gasteiger charge is -2.11. The zero-order chi connectivity index (χ0) is 18.8. The molecule has 1 heterocycles. The summed E-state index contributed by atoms with van der Waals surface area (Å²) in [5, 5.41) is 0.541. The summed E-state index contributed by atoms with van der Waals surface area (Å²) in [6, 6.07) is 21.3. The summed E-state index contributed by atoms with van der Waals surface area (Å²) in [5.41, 5.74) is 1.60. The number of hydrogen-bond donors (Lipinski definition) is 0. The van der Waals surface area contributed by atoms with E-state index >= 15 is 0 Å². The van der Waals surface area contributed by atoms with Crippen molar-refractivity contribution in [1.29, 1.82) is 0 Å². The van der Waals surface area contributed by atoms with Gasteiger partial charge >= 0.3 is 0 Å². The van der Waals surface area contributed by atoms with E-state index in [1.54, 1.807) is 47.1 Å². The Balaban J connectivity index is 1.95. The summed E-state index contributed by atoms with van der Waals surface area (Å²) in [7, 11) is 0. The predicted octanol–water partition coefficient (Wildman–Crippen LogP) is 5.30. The van der Waals surface area contributed by atoms with Crippen LogP contribution in [0.3, 0.4) is 0 Å². The molecule has 0 amide bonds. The fourth-order valence-corrected chi connectivity index (χ4v) is 3.24. The molecule has 4 aromatic rings. The first-order chi connectivity index (χ1) is 13.1. The van der Waals surface area contributed by atoms with Gasteiger partial charge in [0, 0.05) is 9.13 Å². The Morgan fingerprint density at radius 2 is 1.59 bits per heavy atom. The van der Waals surface area contributed by atoms with Gasteiger partial charge in [-0.3, -0.25) is 9.36 Å². The highest BCUT2D eigenvalue weighted by Gasteiger charge is 2.11. The molecular formula is C22H14FIN2O. The monoisotopic (exact) mass is 468 g/mol. The molecule has 0 bridgehead atoms. The second-order valence-electron chi connectivity index (χ2n) is 5.96. The van der Waals surface area contributed by atoms with Crippen molar-refractivity contribution >= 4 is 45.6 Å². The van der Waals surface area contributed by atoms with Crippen LogP contribution in [0.1, 0.15) is 11.4 Å². The van der Waals surface area contributed by atoms with Gasteiger partial charge in [0.25, 0.3) is 5.56 Å². The standard InChI is InChI=1S/C22H14FIN2O/c23-19-7-3-1-5-15(19)9-14-21-25-20-8-4-2-6-18(20)22(27)26(21)17-12-10-16(24)11-13-17/h1-14H/b14-9-. The van der Waals surface area contributed by atoms with Crippen LogP contribution >= 0.6 is 22.6 Å². The SMILES string of the molecule is O=c1c2ccccc2nc(/C=C\c2ccccc2F)n1-c1ccc(I)cc1. The van der Waals surface area contributed by atoms with Gasteiger partial charge in [0.15, 0.2) is 0 Å². The molecule has 0 atom stereocenters. The molecule has 0 aliphatic rings. The van der Waals surface area contributed by atoms with Gasteiger partial charge in [-0.2, -0.15) is 0 Å². The van der Waals surface area contributed by atoms with E-state index < -0.39 is 0 Å². The molecule has 0 spiro atoms. The molecule has 3 nitrogen and oxygen atoms in total. The van der Waals surface area contributed by atoms with E-state index in [2.05, 4.69) is 27.6 Å². The van der Waals surface area contributed by atoms with Crippen molar-refractivity contribution < 1.29 is 4.39 Å². The van der Waals surface area contributed by atoms with Crippen LogP contribution in [0.15, 0.2) is 77.6 Å². The highest BCUT2D eigenvalue weighted by Crippen LogP contribution is 2.17. The fraction of sp³-hybridized carbons (Fsp3) is 0. The molecule has 4 rings (SSSR count). The zero-order valence-corrected chi connectivity index (χ0v) is 16.3. The third-order valence-corrected chi connectivity index (χ3v) is 4.92. The molecule has 0 unspecified atom stereocenters. The van der Waals surface area contributed by atoms with Crippen LogP contribution in [0.5, 0.6) is 0 Å². The van der Waals surface area contributed by atoms with E-state index in [-0.39, 0.29) is 11.4 Å². The van der Waals surface area contributed by atoms with E-state index in [4.69, 9.17) is 0 Å². The van der Waals surface area contributed by atoms with Crippen LogP contribution in [0.4, 0.5) is 4.39 Å². The maximum absolute atomic E-state index is 14.0. The molecule has 132 valence electrons. The third-order valence-electron chi connectivity index (χ3n) is 4.20. The van der Waals surface area contributed by atoms with Crippen LogP contribution in [-0.4, -0.2) is 9.55 Å². The van der Waals surface area contributed by atoms with Crippen molar-refractivity contribution in [2.45, 2.75) is 0 Å². The predicted molar refractivity (Wildman–Crippen MR) is 115 cm³/mol. The topological polar surface area (TPSA) is 34.9 Å². The molecule has 0 radical (unpaired) electrons. The first kappa shape index (κ1) is 17.6. The van der Waals surface area contributed by atoms with Gasteiger partial charge < -0.3 is 0 Å². The average Bonchev–Trinajstić information content (AvgIpc) is 2.69. The van der Waals surface area contributed by atoms with Crippen molar-refractivity contribution in [3.05, 3.63) is 104 Å². The van der Waals surface area contributed by atoms with Crippen molar-refractivity contribution in [3.63, 3.8) is 0 Å². The number of aromatic nitrogens is 2. The summed E-state index contributed by atoms with van der Waals surface area (Å²) >= 11 is 2.22. The molecule has 5 heteroatoms. The lowest BCUT2D eigenvalue weighted by molar-refractivity contribution is 0.625. The van der Waals surface area contributed by atoms with E-state index in [0.717, 1.165) is 3.57 Å². The Kier molecular flexibility index (Phi) is 4.85. The van der Waals surface area contributed by atoms with E-state index in [0.29, 0.717) is 28.0 Å². The molecule has 27 heavy (non-hydrogen) atoms. The minimum absolute atomic E-state index is 0.157. The average molecular weight is 468 g/mol. The van der Waals surface area contributed by atoms with Gasteiger partial charge in [0.1, 0.15) is 11.6 Å². The Labute approximate surface area is 169 Å². The summed E-state index contributed by atoms with van der Waals surface area (Å²) in [6.07, 6.45) is 3.30. The lowest BCUT2D eigenvalue weighted by atomic mass is 10.2. The van der Waals surface area contributed by atoms with E-state index in [9.17, 15) is 9.18 Å². The van der Waals surface area contributed by atoms with Gasteiger partial charge in [-0.05, 0) is 77.2 Å². The number of rotatable bonds is 3. The maximum Gasteiger partial charge on any atom is 0.266 e. The number of nitrogens with zero attached hydrogens (tertiary/aromatic N) is 2. The molecule has 0 N–H and O–H groups in total. The van der Waals surface area contributed by atoms with Crippen LogP contribution < -0.4 is 5.56 Å². The first-order valence-electron chi connectivity index (χ1n) is 8.34. The third kappa shape index (κ3) is 3.55. The first-order valence-corrected chi connectivity index (χ1v) is 9.42. The number of halogens is 2. The van der Waals surface area contributed by atoms with Gasteiger partial charge in [-0.15, -0.1) is 0 Å². The fourth-order valence-electron chi connectivity index (χ4n) is 2.88. The van der Waals surface area contributed by atoms with Gasteiger partial charge in [-0.1, -0.05) is 30.3 Å². The molecule has 0 saturated carbocycles. The van der Waals surface area contributed by atoms with E-state index in [1.807, 2.05) is 36.4 Å². The molecule has 1 aromatic heterocycles. The Hall–Kier alpha value is -2.80. The summed E-state index contributed by atoms with van der Waals surface area (Å²) < 4.78 is 16.6. The number of para-hydroxylation sites is 1. The number of hydrogen-bond acceptors (Lipinski definition) is 2. The number of benzene rings is 3. The molecule has 3 aromatic carbocycles. The lowest BCUT2D eigenvalue weighted by Crippen LogP contribution is -2.22. The normalized spacial score (nSPS) is 11.3. The smallest absolute Gasteiger partial charge is 0.266 e. The van der Waals surface area contributed by atoms with Crippen molar-refractivity contribution in [3.8, 4) is 5.69 Å². The van der Waals surface area contributed by atoms with Crippen molar-refractivity contribution in [1.82, 2.24) is 9.55 Å². The van der Waals surface area contributed by atoms with Crippen molar-refractivity contribution in [2.24, 2.45) is 0 Å². The second kappa shape index (κ2) is 7.44. The van der Waals surface area contributed by atoms with Crippen LogP contribution in [0.25, 0.3) is 28.7 Å². The molecule has 0 aliphatic heterocycles. The number of fused-ring (bicyclic) bond motifs is 1. The molecule has 0 aliphatic carbocycles. The highest BCUT2D eigenvalue weighted by molar-refractivity contribution is 14.1. The van der Waals surface area contributed by atoms with Crippen LogP contribution in [-0.2, 0) is 0 Å². The minimum atomic E-state index is -0.322. The minimum Gasteiger partial charge on any atom is -0.268 e. The Bertz CT molecular complexity index is 1210. The van der Waals surface area contributed by atoms with Gasteiger partial charge in [0.2, 0.25) is 0 Å². The molecule has 0 saturated heterocycles. The van der Waals surface area contributed by atoms with Gasteiger partial charge in [-0.25, -0.2) is 9.37 Å².